The highest BCUT2D eigenvalue weighted by Gasteiger charge is 2.34. The molecule has 1 N–H and O–H groups in total. The van der Waals surface area contributed by atoms with Gasteiger partial charge in [-0.25, -0.2) is 0 Å². The quantitative estimate of drug-likeness (QED) is 0.655. The molecular formula is C13H27N. The minimum Gasteiger partial charge on any atom is -0.313 e. The fraction of sp³-hybridized carbons (Fsp3) is 1.00. The molecule has 1 rings (SSSR count). The highest BCUT2D eigenvalue weighted by atomic mass is 14.9. The van der Waals surface area contributed by atoms with Crippen molar-refractivity contribution in [2.45, 2.75) is 71.8 Å². The smallest absolute Gasteiger partial charge is 0.00645 e. The summed E-state index contributed by atoms with van der Waals surface area (Å²) in [6, 6.07) is 0.768. The van der Waals surface area contributed by atoms with Gasteiger partial charge in [0.25, 0.3) is 0 Å². The van der Waals surface area contributed by atoms with Crippen molar-refractivity contribution in [2.24, 2.45) is 5.41 Å². The van der Waals surface area contributed by atoms with Crippen LogP contribution in [0, 0.1) is 5.41 Å². The molecule has 0 radical (unpaired) electrons. The lowest BCUT2D eigenvalue weighted by Gasteiger charge is -2.42. The molecule has 0 spiro atoms. The van der Waals surface area contributed by atoms with E-state index in [4.69, 9.17) is 0 Å². The van der Waals surface area contributed by atoms with E-state index in [1.165, 1.54) is 51.5 Å². The van der Waals surface area contributed by atoms with E-state index in [0.717, 1.165) is 6.04 Å². The normalized spacial score (nSPS) is 21.6. The second-order valence-corrected chi connectivity index (χ2v) is 4.98. The summed E-state index contributed by atoms with van der Waals surface area (Å²) in [6.07, 6.45) is 9.68. The summed E-state index contributed by atoms with van der Waals surface area (Å²) < 4.78 is 0. The monoisotopic (exact) mass is 197 g/mol. The number of nitrogens with one attached hydrogen (secondary N) is 1. The molecule has 0 aromatic rings. The maximum atomic E-state index is 3.76. The minimum absolute atomic E-state index is 0.682. The number of hydrogen-bond donors (Lipinski definition) is 1. The van der Waals surface area contributed by atoms with Crippen molar-refractivity contribution in [1.29, 1.82) is 0 Å². The lowest BCUT2D eigenvalue weighted by atomic mass is 9.67. The van der Waals surface area contributed by atoms with Gasteiger partial charge in [0.2, 0.25) is 0 Å². The molecule has 0 amide bonds. The van der Waals surface area contributed by atoms with Crippen LogP contribution in [0.25, 0.3) is 0 Å². The molecule has 0 heterocycles. The second kappa shape index (κ2) is 5.75. The van der Waals surface area contributed by atoms with E-state index in [1.807, 2.05) is 0 Å². The van der Waals surface area contributed by atoms with Gasteiger partial charge in [-0.3, -0.25) is 0 Å². The summed E-state index contributed by atoms with van der Waals surface area (Å²) in [5.74, 6) is 0. The van der Waals surface area contributed by atoms with E-state index in [9.17, 15) is 0 Å². The highest BCUT2D eigenvalue weighted by Crippen LogP contribution is 2.43. The highest BCUT2D eigenvalue weighted by molar-refractivity contribution is 4.89. The largest absolute Gasteiger partial charge is 0.313 e. The van der Waals surface area contributed by atoms with Crippen molar-refractivity contribution >= 4 is 0 Å². The molecular weight excluding hydrogens is 170 g/mol. The Hall–Kier alpha value is -0.0400. The first-order valence-corrected chi connectivity index (χ1v) is 6.49. The van der Waals surface area contributed by atoms with E-state index in [-0.39, 0.29) is 0 Å². The lowest BCUT2D eigenvalue weighted by Crippen LogP contribution is -2.43. The van der Waals surface area contributed by atoms with E-state index in [1.54, 1.807) is 0 Å². The van der Waals surface area contributed by atoms with Crippen LogP contribution < -0.4 is 5.32 Å². The Morgan fingerprint density at radius 1 is 1.21 bits per heavy atom. The molecule has 1 saturated carbocycles. The summed E-state index contributed by atoms with van der Waals surface area (Å²) in [5.41, 5.74) is 0.682. The van der Waals surface area contributed by atoms with Crippen LogP contribution in [0.5, 0.6) is 0 Å². The molecule has 1 aliphatic carbocycles. The van der Waals surface area contributed by atoms with Crippen LogP contribution in [0.3, 0.4) is 0 Å². The molecule has 1 unspecified atom stereocenters. The summed E-state index contributed by atoms with van der Waals surface area (Å²) in [4.78, 5) is 0. The van der Waals surface area contributed by atoms with Gasteiger partial charge in [-0.1, -0.05) is 33.6 Å². The fourth-order valence-corrected chi connectivity index (χ4v) is 2.49. The first-order chi connectivity index (χ1) is 6.76. The molecule has 0 aromatic carbocycles. The third-order valence-corrected chi connectivity index (χ3v) is 4.06. The zero-order chi connectivity index (χ0) is 10.4. The third kappa shape index (κ3) is 2.98. The molecule has 84 valence electrons. The Morgan fingerprint density at radius 3 is 2.29 bits per heavy atom. The summed E-state index contributed by atoms with van der Waals surface area (Å²) >= 11 is 0. The first kappa shape index (κ1) is 12.0. The van der Waals surface area contributed by atoms with Crippen molar-refractivity contribution in [3.63, 3.8) is 0 Å². The van der Waals surface area contributed by atoms with Crippen molar-refractivity contribution in [3.05, 3.63) is 0 Å². The predicted molar refractivity (Wildman–Crippen MR) is 63.6 cm³/mol. The van der Waals surface area contributed by atoms with Crippen molar-refractivity contribution in [1.82, 2.24) is 5.32 Å². The van der Waals surface area contributed by atoms with Gasteiger partial charge in [0, 0.05) is 12.6 Å². The van der Waals surface area contributed by atoms with E-state index in [0.29, 0.717) is 5.41 Å². The van der Waals surface area contributed by atoms with Gasteiger partial charge in [-0.05, 0) is 37.5 Å². The molecule has 0 bridgehead atoms. The molecule has 1 nitrogen and oxygen atoms in total. The fourth-order valence-electron chi connectivity index (χ4n) is 2.49. The molecule has 14 heavy (non-hydrogen) atoms. The zero-order valence-corrected chi connectivity index (χ0v) is 10.2. The third-order valence-electron chi connectivity index (χ3n) is 4.06. The SMILES string of the molecule is CCCC(CC)NCC1(CC)CCC1. The van der Waals surface area contributed by atoms with E-state index in [2.05, 4.69) is 26.1 Å². The van der Waals surface area contributed by atoms with Gasteiger partial charge >= 0.3 is 0 Å². The minimum atomic E-state index is 0.682. The topological polar surface area (TPSA) is 12.0 Å². The predicted octanol–water partition coefficient (Wildman–Crippen LogP) is 3.74. The van der Waals surface area contributed by atoms with Gasteiger partial charge in [-0.2, -0.15) is 0 Å². The Morgan fingerprint density at radius 2 is 1.93 bits per heavy atom. The van der Waals surface area contributed by atoms with Gasteiger partial charge in [-0.15, -0.1) is 0 Å². The van der Waals surface area contributed by atoms with Crippen molar-refractivity contribution < 1.29 is 0 Å². The molecule has 1 fully saturated rings. The van der Waals surface area contributed by atoms with Gasteiger partial charge in [0.15, 0.2) is 0 Å². The van der Waals surface area contributed by atoms with Crippen molar-refractivity contribution in [3.8, 4) is 0 Å². The number of rotatable bonds is 7. The van der Waals surface area contributed by atoms with Crippen LogP contribution in [0.15, 0.2) is 0 Å². The first-order valence-electron chi connectivity index (χ1n) is 6.49. The van der Waals surface area contributed by atoms with Crippen LogP contribution >= 0.6 is 0 Å². The Labute approximate surface area is 89.7 Å². The average molecular weight is 197 g/mol. The molecule has 0 aromatic heterocycles. The van der Waals surface area contributed by atoms with Gasteiger partial charge in [0.1, 0.15) is 0 Å². The number of hydrogen-bond acceptors (Lipinski definition) is 1. The standard InChI is InChI=1S/C13H27N/c1-4-8-12(5-2)14-11-13(6-3)9-7-10-13/h12,14H,4-11H2,1-3H3. The summed E-state index contributed by atoms with van der Waals surface area (Å²) in [7, 11) is 0. The van der Waals surface area contributed by atoms with E-state index < -0.39 is 0 Å². The average Bonchev–Trinajstić information content (AvgIpc) is 2.15. The zero-order valence-electron chi connectivity index (χ0n) is 10.2. The van der Waals surface area contributed by atoms with Gasteiger partial charge in [0.05, 0.1) is 0 Å². The molecule has 1 heteroatoms. The second-order valence-electron chi connectivity index (χ2n) is 4.98. The molecule has 1 atom stereocenters. The molecule has 0 aliphatic heterocycles. The Bertz CT molecular complexity index is 144. The maximum Gasteiger partial charge on any atom is 0.00645 e. The lowest BCUT2D eigenvalue weighted by molar-refractivity contribution is 0.118. The van der Waals surface area contributed by atoms with Crippen LogP contribution in [-0.2, 0) is 0 Å². The summed E-state index contributed by atoms with van der Waals surface area (Å²) in [6.45, 7) is 8.19. The van der Waals surface area contributed by atoms with Crippen LogP contribution in [-0.4, -0.2) is 12.6 Å². The molecule has 1 aliphatic rings. The van der Waals surface area contributed by atoms with Crippen LogP contribution in [0.4, 0.5) is 0 Å². The van der Waals surface area contributed by atoms with Crippen molar-refractivity contribution in [2.75, 3.05) is 6.54 Å². The summed E-state index contributed by atoms with van der Waals surface area (Å²) in [5, 5.41) is 3.76. The maximum absolute atomic E-state index is 3.76. The van der Waals surface area contributed by atoms with E-state index >= 15 is 0 Å². The Kier molecular flexibility index (Phi) is 4.94. The van der Waals surface area contributed by atoms with Gasteiger partial charge < -0.3 is 5.32 Å². The Balaban J connectivity index is 2.22. The van der Waals surface area contributed by atoms with Crippen LogP contribution in [0.2, 0.25) is 0 Å². The molecule has 0 saturated heterocycles. The van der Waals surface area contributed by atoms with Crippen LogP contribution in [0.1, 0.15) is 65.7 Å².